The number of imidazole rings is 1. The molecule has 0 aliphatic carbocycles. The van der Waals surface area contributed by atoms with Crippen LogP contribution in [0.4, 0.5) is 0 Å². The van der Waals surface area contributed by atoms with Crippen molar-refractivity contribution in [2.45, 2.75) is 60.0 Å². The number of rotatable bonds is 6. The van der Waals surface area contributed by atoms with Crippen molar-refractivity contribution in [1.82, 2.24) is 14.9 Å². The molecule has 0 saturated carbocycles. The smallest absolute Gasteiger partial charge is 0.108 e. The van der Waals surface area contributed by atoms with Crippen molar-refractivity contribution in [3.05, 3.63) is 18.2 Å². The first-order valence-electron chi connectivity index (χ1n) is 6.72. The van der Waals surface area contributed by atoms with E-state index in [0.29, 0.717) is 6.04 Å². The summed E-state index contributed by atoms with van der Waals surface area (Å²) in [5.74, 6) is 1.18. The van der Waals surface area contributed by atoms with E-state index in [9.17, 15) is 0 Å². The van der Waals surface area contributed by atoms with Crippen molar-refractivity contribution in [2.24, 2.45) is 5.41 Å². The van der Waals surface area contributed by atoms with Crippen LogP contribution in [0.25, 0.3) is 0 Å². The van der Waals surface area contributed by atoms with Crippen LogP contribution >= 0.6 is 0 Å². The maximum Gasteiger partial charge on any atom is 0.108 e. The lowest BCUT2D eigenvalue weighted by atomic mass is 9.86. The first-order chi connectivity index (χ1) is 7.99. The summed E-state index contributed by atoms with van der Waals surface area (Å²) in [7, 11) is 0. The van der Waals surface area contributed by atoms with E-state index in [4.69, 9.17) is 0 Å². The predicted octanol–water partition coefficient (Wildman–Crippen LogP) is 2.86. The van der Waals surface area contributed by atoms with Crippen molar-refractivity contribution in [2.75, 3.05) is 6.54 Å². The summed E-state index contributed by atoms with van der Waals surface area (Å²) in [6.45, 7) is 13.3. The summed E-state index contributed by atoms with van der Waals surface area (Å²) < 4.78 is 2.28. The van der Waals surface area contributed by atoms with E-state index in [1.807, 2.05) is 6.20 Å². The molecule has 1 aromatic heterocycles. The van der Waals surface area contributed by atoms with Crippen LogP contribution in [0, 0.1) is 5.41 Å². The highest BCUT2D eigenvalue weighted by molar-refractivity contribution is 4.94. The zero-order chi connectivity index (χ0) is 12.9. The van der Waals surface area contributed by atoms with E-state index in [1.54, 1.807) is 0 Å². The van der Waals surface area contributed by atoms with Crippen LogP contribution in [-0.4, -0.2) is 22.1 Å². The van der Waals surface area contributed by atoms with Crippen molar-refractivity contribution in [1.29, 1.82) is 0 Å². The lowest BCUT2D eigenvalue weighted by Gasteiger charge is -2.32. The molecule has 1 aromatic rings. The van der Waals surface area contributed by atoms with Gasteiger partial charge in [0.2, 0.25) is 0 Å². The Hall–Kier alpha value is -0.830. The van der Waals surface area contributed by atoms with Gasteiger partial charge in [-0.1, -0.05) is 34.6 Å². The van der Waals surface area contributed by atoms with Crippen LogP contribution in [-0.2, 0) is 13.0 Å². The average Bonchev–Trinajstić information content (AvgIpc) is 2.69. The molecule has 17 heavy (non-hydrogen) atoms. The molecule has 0 spiro atoms. The highest BCUT2D eigenvalue weighted by Gasteiger charge is 2.24. The van der Waals surface area contributed by atoms with Crippen LogP contribution in [0.15, 0.2) is 12.4 Å². The molecule has 1 N–H and O–H groups in total. The van der Waals surface area contributed by atoms with Crippen LogP contribution in [0.3, 0.4) is 0 Å². The minimum atomic E-state index is 0.268. The van der Waals surface area contributed by atoms with Gasteiger partial charge in [0.1, 0.15) is 5.82 Å². The molecule has 0 amide bonds. The Morgan fingerprint density at radius 3 is 2.59 bits per heavy atom. The normalized spacial score (nSPS) is 13.9. The first kappa shape index (κ1) is 14.2. The maximum absolute atomic E-state index is 4.39. The van der Waals surface area contributed by atoms with Crippen LogP contribution in [0.2, 0.25) is 0 Å². The molecule has 0 aromatic carbocycles. The maximum atomic E-state index is 4.39. The summed E-state index contributed by atoms with van der Waals surface area (Å²) >= 11 is 0. The lowest BCUT2D eigenvalue weighted by Crippen LogP contribution is -2.44. The third-order valence-electron chi connectivity index (χ3n) is 3.18. The Morgan fingerprint density at radius 1 is 1.35 bits per heavy atom. The largest absolute Gasteiger partial charge is 0.333 e. The van der Waals surface area contributed by atoms with E-state index in [2.05, 4.69) is 55.7 Å². The van der Waals surface area contributed by atoms with Gasteiger partial charge in [-0.3, -0.25) is 0 Å². The quantitative estimate of drug-likeness (QED) is 0.824. The average molecular weight is 237 g/mol. The van der Waals surface area contributed by atoms with E-state index < -0.39 is 0 Å². The van der Waals surface area contributed by atoms with E-state index >= 15 is 0 Å². The monoisotopic (exact) mass is 237 g/mol. The number of nitrogens with one attached hydrogen (secondary N) is 1. The van der Waals surface area contributed by atoms with Crippen LogP contribution < -0.4 is 5.32 Å². The molecule has 0 radical (unpaired) electrons. The van der Waals surface area contributed by atoms with Crippen LogP contribution in [0.1, 0.15) is 46.9 Å². The number of hydrogen-bond acceptors (Lipinski definition) is 2. The minimum absolute atomic E-state index is 0.268. The number of hydrogen-bond donors (Lipinski definition) is 1. The summed E-state index contributed by atoms with van der Waals surface area (Å²) in [6.07, 6.45) is 6.17. The zero-order valence-corrected chi connectivity index (χ0v) is 12.0. The van der Waals surface area contributed by atoms with E-state index in [1.165, 1.54) is 12.2 Å². The molecular weight excluding hydrogens is 210 g/mol. The molecule has 1 heterocycles. The Balaban J connectivity index is 2.72. The van der Waals surface area contributed by atoms with Gasteiger partial charge in [0, 0.05) is 31.4 Å². The third kappa shape index (κ3) is 4.15. The second-order valence-corrected chi connectivity index (χ2v) is 5.72. The molecular formula is C14H27N3. The Bertz CT molecular complexity index is 322. The molecule has 0 aliphatic heterocycles. The molecule has 98 valence electrons. The molecule has 1 rings (SSSR count). The summed E-state index contributed by atoms with van der Waals surface area (Å²) in [5.41, 5.74) is 0.268. The van der Waals surface area contributed by atoms with Gasteiger partial charge in [-0.2, -0.15) is 0 Å². The molecule has 0 saturated heterocycles. The van der Waals surface area contributed by atoms with Gasteiger partial charge in [0.25, 0.3) is 0 Å². The van der Waals surface area contributed by atoms with Crippen molar-refractivity contribution < 1.29 is 0 Å². The minimum Gasteiger partial charge on any atom is -0.333 e. The molecule has 1 unspecified atom stereocenters. The predicted molar refractivity (Wildman–Crippen MR) is 73.1 cm³/mol. The Labute approximate surface area is 106 Å². The van der Waals surface area contributed by atoms with Gasteiger partial charge in [0.05, 0.1) is 0 Å². The fourth-order valence-electron chi connectivity index (χ4n) is 1.98. The number of aromatic nitrogens is 2. The van der Waals surface area contributed by atoms with Gasteiger partial charge < -0.3 is 9.88 Å². The zero-order valence-electron chi connectivity index (χ0n) is 12.0. The fraction of sp³-hybridized carbons (Fsp3) is 0.786. The number of aryl methyl sites for hydroxylation is 1. The van der Waals surface area contributed by atoms with Crippen molar-refractivity contribution in [3.63, 3.8) is 0 Å². The summed E-state index contributed by atoms with van der Waals surface area (Å²) in [4.78, 5) is 4.39. The van der Waals surface area contributed by atoms with Crippen LogP contribution in [0.5, 0.6) is 0 Å². The van der Waals surface area contributed by atoms with E-state index in [0.717, 1.165) is 19.5 Å². The van der Waals surface area contributed by atoms with Gasteiger partial charge in [0.15, 0.2) is 0 Å². The van der Waals surface area contributed by atoms with Crippen molar-refractivity contribution >= 4 is 0 Å². The molecule has 0 fully saturated rings. The summed E-state index contributed by atoms with van der Waals surface area (Å²) in [6, 6.07) is 0.488. The number of nitrogens with zero attached hydrogens (tertiary/aromatic N) is 2. The van der Waals surface area contributed by atoms with Gasteiger partial charge in [-0.05, 0) is 18.4 Å². The van der Waals surface area contributed by atoms with Gasteiger partial charge in [-0.15, -0.1) is 0 Å². The second-order valence-electron chi connectivity index (χ2n) is 5.72. The van der Waals surface area contributed by atoms with Crippen molar-refractivity contribution in [3.8, 4) is 0 Å². The molecule has 3 heteroatoms. The van der Waals surface area contributed by atoms with Gasteiger partial charge in [-0.25, -0.2) is 4.98 Å². The lowest BCUT2D eigenvalue weighted by molar-refractivity contribution is 0.241. The highest BCUT2D eigenvalue weighted by atomic mass is 15.1. The topological polar surface area (TPSA) is 29.9 Å². The Kier molecular flexibility index (Phi) is 5.19. The standard InChI is InChI=1S/C14H27N3/c1-6-8-15-12(14(3,4)5)11-17-10-9-16-13(17)7-2/h9-10,12,15H,6-8,11H2,1-5H3. The SMILES string of the molecule is CCCNC(Cn1ccnc1CC)C(C)(C)C. The highest BCUT2D eigenvalue weighted by Crippen LogP contribution is 2.21. The molecule has 3 nitrogen and oxygen atoms in total. The van der Waals surface area contributed by atoms with E-state index in [-0.39, 0.29) is 5.41 Å². The summed E-state index contributed by atoms with van der Waals surface area (Å²) in [5, 5.41) is 3.65. The Morgan fingerprint density at radius 2 is 2.06 bits per heavy atom. The first-order valence-corrected chi connectivity index (χ1v) is 6.72. The second kappa shape index (κ2) is 6.20. The van der Waals surface area contributed by atoms with Gasteiger partial charge >= 0.3 is 0 Å². The molecule has 1 atom stereocenters. The third-order valence-corrected chi connectivity index (χ3v) is 3.18. The molecule has 0 aliphatic rings. The fourth-order valence-corrected chi connectivity index (χ4v) is 1.98. The molecule has 0 bridgehead atoms.